The third-order valence-corrected chi connectivity index (χ3v) is 6.40. The van der Waals surface area contributed by atoms with E-state index in [1.807, 2.05) is 6.92 Å². The van der Waals surface area contributed by atoms with Crippen LogP contribution in [0.4, 0.5) is 0 Å². The Morgan fingerprint density at radius 2 is 2.06 bits per heavy atom. The van der Waals surface area contributed by atoms with Crippen LogP contribution in [0.3, 0.4) is 0 Å². The van der Waals surface area contributed by atoms with Gasteiger partial charge in [-0.1, -0.05) is 45.2 Å². The van der Waals surface area contributed by atoms with Crippen LogP contribution in [0.2, 0.25) is 10.0 Å². The second-order valence-electron chi connectivity index (χ2n) is 7.04. The van der Waals surface area contributed by atoms with Crippen molar-refractivity contribution in [3.8, 4) is 23.4 Å². The second-order valence-corrected chi connectivity index (χ2v) is 8.74. The maximum atomic E-state index is 9.78. The summed E-state index contributed by atoms with van der Waals surface area (Å²) >= 11 is 15.8. The van der Waals surface area contributed by atoms with Crippen molar-refractivity contribution in [3.05, 3.63) is 78.7 Å². The molecule has 0 radical (unpaired) electrons. The van der Waals surface area contributed by atoms with Crippen molar-refractivity contribution in [2.75, 3.05) is 7.11 Å². The smallest absolute Gasteiger partial charge is 0.244 e. The van der Waals surface area contributed by atoms with Crippen LogP contribution in [0.1, 0.15) is 28.3 Å². The molecule has 1 atom stereocenters. The molecule has 0 spiro atoms. The van der Waals surface area contributed by atoms with Gasteiger partial charge in [-0.25, -0.2) is 0 Å². The first kappa shape index (κ1) is 22.3. The van der Waals surface area contributed by atoms with Crippen molar-refractivity contribution in [2.45, 2.75) is 19.4 Å². The molecule has 0 amide bonds. The summed E-state index contributed by atoms with van der Waals surface area (Å²) in [6, 6.07) is 11.0. The van der Waals surface area contributed by atoms with E-state index in [1.165, 1.54) is 0 Å². The van der Waals surface area contributed by atoms with E-state index in [-0.39, 0.29) is 18.1 Å². The van der Waals surface area contributed by atoms with Gasteiger partial charge in [0, 0.05) is 31.3 Å². The van der Waals surface area contributed by atoms with E-state index >= 15 is 0 Å². The Morgan fingerprint density at radius 1 is 1.28 bits per heavy atom. The van der Waals surface area contributed by atoms with Gasteiger partial charge in [0.15, 0.2) is 11.5 Å². The number of hydrogen-bond acceptors (Lipinski definition) is 6. The van der Waals surface area contributed by atoms with Crippen LogP contribution in [0.15, 0.2) is 46.3 Å². The minimum atomic E-state index is -0.495. The van der Waals surface area contributed by atoms with Crippen molar-refractivity contribution in [2.24, 2.45) is 5.73 Å². The third kappa shape index (κ3) is 3.99. The number of aromatic amines is 1. The Labute approximate surface area is 202 Å². The minimum absolute atomic E-state index is 0.0140. The van der Waals surface area contributed by atoms with Crippen molar-refractivity contribution < 1.29 is 14.2 Å². The number of H-pyrrole nitrogens is 1. The van der Waals surface area contributed by atoms with Crippen LogP contribution in [-0.2, 0) is 6.61 Å². The van der Waals surface area contributed by atoms with Gasteiger partial charge in [-0.05, 0) is 36.8 Å². The van der Waals surface area contributed by atoms with E-state index in [1.54, 1.807) is 37.4 Å². The number of fused-ring (bicyclic) bond motifs is 1. The van der Waals surface area contributed by atoms with Crippen LogP contribution >= 0.6 is 39.1 Å². The Kier molecular flexibility index (Phi) is 6.24. The summed E-state index contributed by atoms with van der Waals surface area (Å²) in [6.07, 6.45) is 0. The topological polar surface area (TPSA) is 106 Å². The molecular formula is C22H17BrCl2N4O3. The van der Waals surface area contributed by atoms with E-state index < -0.39 is 5.92 Å². The van der Waals surface area contributed by atoms with Gasteiger partial charge in [0.1, 0.15) is 18.2 Å². The molecule has 2 heterocycles. The first-order chi connectivity index (χ1) is 15.3. The Hall–Kier alpha value is -2.86. The molecule has 164 valence electrons. The first-order valence-electron chi connectivity index (χ1n) is 9.40. The van der Waals surface area contributed by atoms with E-state index in [0.29, 0.717) is 31.9 Å². The Bertz CT molecular complexity index is 1280. The molecule has 0 saturated carbocycles. The highest BCUT2D eigenvalue weighted by molar-refractivity contribution is 9.10. The number of rotatable bonds is 5. The normalized spacial score (nSPS) is 15.1. The van der Waals surface area contributed by atoms with Crippen LogP contribution in [-0.4, -0.2) is 17.3 Å². The lowest BCUT2D eigenvalue weighted by atomic mass is 9.84. The second kappa shape index (κ2) is 8.94. The molecule has 3 N–H and O–H groups in total. The number of allylic oxidation sites excluding steroid dienone is 1. The third-order valence-electron chi connectivity index (χ3n) is 5.12. The van der Waals surface area contributed by atoms with Crippen LogP contribution in [0.5, 0.6) is 17.4 Å². The number of aromatic nitrogens is 2. The number of hydrogen-bond donors (Lipinski definition) is 2. The number of methoxy groups -OCH3 is 1. The number of nitrogens with zero attached hydrogens (tertiary/aromatic N) is 2. The maximum Gasteiger partial charge on any atom is 0.244 e. The Balaban J connectivity index is 1.74. The molecule has 7 nitrogen and oxygen atoms in total. The fourth-order valence-corrected chi connectivity index (χ4v) is 4.56. The van der Waals surface area contributed by atoms with E-state index in [0.717, 1.165) is 22.4 Å². The van der Waals surface area contributed by atoms with Crippen LogP contribution in [0.25, 0.3) is 0 Å². The number of aryl methyl sites for hydroxylation is 1. The lowest BCUT2D eigenvalue weighted by molar-refractivity contribution is 0.284. The SMILES string of the molecule is COc1cc([C@H]2C(C#N)=C(N)Oc3n[nH]c(C)c32)c(Br)cc1OCc1ccc(Cl)cc1Cl. The standard InChI is InChI=1S/C22H17BrCl2N4O3/c1-10-19-20(14(8-26)21(27)32-22(19)29-28-10)13-6-17(30-2)18(7-15(13)23)31-9-11-3-4-12(24)5-16(11)25/h3-7,20H,9,27H2,1-2H3,(H,28,29)/t20-/m0/s1. The molecule has 1 aliphatic heterocycles. The number of benzene rings is 2. The van der Waals surface area contributed by atoms with Crippen LogP contribution in [0, 0.1) is 18.3 Å². The molecular weight excluding hydrogens is 519 g/mol. The summed E-state index contributed by atoms with van der Waals surface area (Å²) in [5.74, 6) is 0.845. The zero-order valence-corrected chi connectivity index (χ0v) is 20.1. The Morgan fingerprint density at radius 3 is 2.75 bits per heavy atom. The highest BCUT2D eigenvalue weighted by Crippen LogP contribution is 2.47. The van der Waals surface area contributed by atoms with Gasteiger partial charge in [0.05, 0.1) is 13.0 Å². The summed E-state index contributed by atoms with van der Waals surface area (Å²) in [6.45, 7) is 2.08. The number of nitrogens with one attached hydrogen (secondary N) is 1. The van der Waals surface area contributed by atoms with Gasteiger partial charge >= 0.3 is 0 Å². The molecule has 0 aliphatic carbocycles. The monoisotopic (exact) mass is 534 g/mol. The fourth-order valence-electron chi connectivity index (χ4n) is 3.55. The van der Waals surface area contributed by atoms with Crippen molar-refractivity contribution in [3.63, 3.8) is 0 Å². The zero-order valence-electron chi connectivity index (χ0n) is 17.0. The number of ether oxygens (including phenoxy) is 3. The zero-order chi connectivity index (χ0) is 23.0. The number of nitrogens with two attached hydrogens (primary N) is 1. The summed E-state index contributed by atoms with van der Waals surface area (Å²) in [7, 11) is 1.54. The van der Waals surface area contributed by atoms with Gasteiger partial charge in [-0.2, -0.15) is 5.26 Å². The summed E-state index contributed by atoms with van der Waals surface area (Å²) < 4.78 is 17.8. The average molecular weight is 536 g/mol. The van der Waals surface area contributed by atoms with Gasteiger partial charge < -0.3 is 19.9 Å². The molecule has 1 aromatic heterocycles. The van der Waals surface area contributed by atoms with E-state index in [9.17, 15) is 5.26 Å². The molecule has 0 fully saturated rings. The predicted molar refractivity (Wildman–Crippen MR) is 124 cm³/mol. The molecule has 32 heavy (non-hydrogen) atoms. The lowest BCUT2D eigenvalue weighted by Gasteiger charge is -2.25. The van der Waals surface area contributed by atoms with Crippen molar-refractivity contribution in [1.29, 1.82) is 5.26 Å². The highest BCUT2D eigenvalue weighted by atomic mass is 79.9. The molecule has 1 aliphatic rings. The molecule has 3 aromatic rings. The molecule has 2 aromatic carbocycles. The number of halogens is 3. The van der Waals surface area contributed by atoms with Gasteiger partial charge in [-0.15, -0.1) is 5.10 Å². The molecule has 4 rings (SSSR count). The fraction of sp³-hybridized carbons (Fsp3) is 0.182. The molecule has 0 unspecified atom stereocenters. The molecule has 0 saturated heterocycles. The van der Waals surface area contributed by atoms with Crippen molar-refractivity contribution in [1.82, 2.24) is 10.2 Å². The van der Waals surface area contributed by atoms with Gasteiger partial charge in [0.2, 0.25) is 11.8 Å². The van der Waals surface area contributed by atoms with E-state index in [4.69, 9.17) is 43.1 Å². The summed E-state index contributed by atoms with van der Waals surface area (Å²) in [4.78, 5) is 0. The van der Waals surface area contributed by atoms with Gasteiger partial charge in [0.25, 0.3) is 0 Å². The molecule has 0 bridgehead atoms. The van der Waals surface area contributed by atoms with Gasteiger partial charge in [-0.3, -0.25) is 5.10 Å². The maximum absolute atomic E-state index is 9.78. The minimum Gasteiger partial charge on any atom is -0.493 e. The summed E-state index contributed by atoms with van der Waals surface area (Å²) in [5, 5.41) is 17.9. The largest absolute Gasteiger partial charge is 0.493 e. The van der Waals surface area contributed by atoms with Crippen molar-refractivity contribution >= 4 is 39.1 Å². The summed E-state index contributed by atoms with van der Waals surface area (Å²) in [5.41, 5.74) is 9.35. The van der Waals surface area contributed by atoms with Crippen LogP contribution < -0.4 is 19.9 Å². The number of nitriles is 1. The lowest BCUT2D eigenvalue weighted by Crippen LogP contribution is -2.21. The van der Waals surface area contributed by atoms with E-state index in [2.05, 4.69) is 32.2 Å². The predicted octanol–water partition coefficient (Wildman–Crippen LogP) is 5.59. The first-order valence-corrected chi connectivity index (χ1v) is 11.0. The highest BCUT2D eigenvalue weighted by Gasteiger charge is 2.36. The molecule has 10 heteroatoms. The quantitative estimate of drug-likeness (QED) is 0.441. The average Bonchev–Trinajstić information content (AvgIpc) is 3.12.